The van der Waals surface area contributed by atoms with Gasteiger partial charge in [-0.25, -0.2) is 8.42 Å². The summed E-state index contributed by atoms with van der Waals surface area (Å²) in [5, 5.41) is 13.6. The van der Waals surface area contributed by atoms with Gasteiger partial charge in [-0.3, -0.25) is 0 Å². The first-order chi connectivity index (χ1) is 8.91. The van der Waals surface area contributed by atoms with Crippen LogP contribution in [0.2, 0.25) is 0 Å². The minimum atomic E-state index is -3.44. The van der Waals surface area contributed by atoms with Crippen molar-refractivity contribution in [1.82, 2.24) is 24.9 Å². The summed E-state index contributed by atoms with van der Waals surface area (Å²) < 4.78 is 26.3. The summed E-state index contributed by atoms with van der Waals surface area (Å²) in [5.41, 5.74) is 0. The molecule has 0 amide bonds. The van der Waals surface area contributed by atoms with Crippen molar-refractivity contribution in [2.24, 2.45) is 0 Å². The molecule has 9 heteroatoms. The number of H-pyrrole nitrogens is 1. The Morgan fingerprint density at radius 2 is 2.21 bits per heavy atom. The van der Waals surface area contributed by atoms with E-state index in [-0.39, 0.29) is 5.92 Å². The first-order valence-corrected chi connectivity index (χ1v) is 7.93. The van der Waals surface area contributed by atoms with E-state index in [1.54, 1.807) is 19.2 Å². The van der Waals surface area contributed by atoms with Crippen molar-refractivity contribution in [1.29, 1.82) is 0 Å². The fourth-order valence-corrected chi connectivity index (χ4v) is 4.40. The highest BCUT2D eigenvalue weighted by molar-refractivity contribution is 7.91. The Morgan fingerprint density at radius 3 is 2.74 bits per heavy atom. The van der Waals surface area contributed by atoms with Crippen LogP contribution in [0.3, 0.4) is 0 Å². The molecule has 2 aromatic heterocycles. The highest BCUT2D eigenvalue weighted by Gasteiger charge is 2.25. The average molecular weight is 301 g/mol. The van der Waals surface area contributed by atoms with Gasteiger partial charge >= 0.3 is 0 Å². The number of hydrogen-bond donors (Lipinski definition) is 1. The Balaban J connectivity index is 2.13. The highest BCUT2D eigenvalue weighted by Crippen LogP contribution is 2.24. The first-order valence-electron chi connectivity index (χ1n) is 5.67. The van der Waals surface area contributed by atoms with E-state index in [0.29, 0.717) is 16.6 Å². The Morgan fingerprint density at radius 1 is 1.47 bits per heavy atom. The van der Waals surface area contributed by atoms with Crippen LogP contribution in [-0.4, -0.2) is 46.9 Å². The van der Waals surface area contributed by atoms with Crippen LogP contribution in [0, 0.1) is 6.92 Å². The molecule has 0 fully saturated rings. The summed E-state index contributed by atoms with van der Waals surface area (Å²) in [6, 6.07) is 3.43. The van der Waals surface area contributed by atoms with Crippen LogP contribution in [0.5, 0.6) is 0 Å². The lowest BCUT2D eigenvalue weighted by molar-refractivity contribution is 0.441. The van der Waals surface area contributed by atoms with Crippen molar-refractivity contribution in [3.05, 3.63) is 22.8 Å². The average Bonchev–Trinajstić information content (AvgIpc) is 2.99. The van der Waals surface area contributed by atoms with E-state index < -0.39 is 10.0 Å². The molecule has 0 aliphatic heterocycles. The van der Waals surface area contributed by atoms with Crippen molar-refractivity contribution in [3.8, 4) is 0 Å². The van der Waals surface area contributed by atoms with Crippen molar-refractivity contribution < 1.29 is 8.42 Å². The molecule has 1 N–H and O–H groups in total. The summed E-state index contributed by atoms with van der Waals surface area (Å²) in [6.45, 7) is 4.04. The van der Waals surface area contributed by atoms with Crippen molar-refractivity contribution in [3.63, 3.8) is 0 Å². The van der Waals surface area contributed by atoms with E-state index in [4.69, 9.17) is 0 Å². The SMILES string of the molecule is Cc1ccc(S(=O)(=O)N(C)C[C@H](C)c2nn[nH]n2)s1. The number of nitrogens with one attached hydrogen (secondary N) is 1. The van der Waals surface area contributed by atoms with Crippen LogP contribution >= 0.6 is 11.3 Å². The monoisotopic (exact) mass is 301 g/mol. The molecule has 7 nitrogen and oxygen atoms in total. The minimum absolute atomic E-state index is 0.125. The Hall–Kier alpha value is -1.32. The smallest absolute Gasteiger partial charge is 0.206 e. The normalized spacial score (nSPS) is 13.9. The number of likely N-dealkylation sites (N-methyl/N-ethyl adjacent to an activating group) is 1. The van der Waals surface area contributed by atoms with E-state index in [0.717, 1.165) is 4.88 Å². The third-order valence-corrected chi connectivity index (χ3v) is 6.01. The van der Waals surface area contributed by atoms with Crippen LogP contribution < -0.4 is 0 Å². The van der Waals surface area contributed by atoms with Gasteiger partial charge in [0.1, 0.15) is 4.21 Å². The summed E-state index contributed by atoms with van der Waals surface area (Å²) in [4.78, 5) is 0.971. The number of hydrogen-bond acceptors (Lipinski definition) is 6. The number of nitrogens with zero attached hydrogens (tertiary/aromatic N) is 4. The molecule has 19 heavy (non-hydrogen) atoms. The van der Waals surface area contributed by atoms with Gasteiger partial charge < -0.3 is 0 Å². The van der Waals surface area contributed by atoms with Crippen molar-refractivity contribution in [2.45, 2.75) is 24.0 Å². The molecule has 0 aliphatic carbocycles. The molecule has 2 aromatic rings. The van der Waals surface area contributed by atoms with Crippen molar-refractivity contribution >= 4 is 21.4 Å². The molecule has 0 radical (unpaired) electrons. The van der Waals surface area contributed by atoms with Gasteiger partial charge in [0.15, 0.2) is 5.82 Å². The maximum absolute atomic E-state index is 12.3. The lowest BCUT2D eigenvalue weighted by Crippen LogP contribution is -2.30. The lowest BCUT2D eigenvalue weighted by atomic mass is 10.2. The maximum atomic E-state index is 12.3. The van der Waals surface area contributed by atoms with Crippen LogP contribution in [0.1, 0.15) is 23.5 Å². The summed E-state index contributed by atoms with van der Waals surface area (Å²) >= 11 is 1.27. The maximum Gasteiger partial charge on any atom is 0.252 e. The second kappa shape index (κ2) is 5.35. The Kier molecular flexibility index (Phi) is 3.97. The standard InChI is InChI=1S/C10H15N5O2S2/c1-7(10-11-13-14-12-10)6-15(3)19(16,17)9-5-4-8(2)18-9/h4-5,7H,6H2,1-3H3,(H,11,12,13,14)/t7-/m0/s1. The van der Waals surface area contributed by atoms with Gasteiger partial charge in [0.05, 0.1) is 0 Å². The minimum Gasteiger partial charge on any atom is -0.206 e. The third-order valence-electron chi connectivity index (χ3n) is 2.71. The van der Waals surface area contributed by atoms with E-state index in [2.05, 4.69) is 20.6 Å². The molecule has 0 spiro atoms. The zero-order valence-electron chi connectivity index (χ0n) is 10.9. The predicted molar refractivity (Wildman–Crippen MR) is 71.5 cm³/mol. The molecule has 1 atom stereocenters. The number of thiophene rings is 1. The first kappa shape index (κ1) is 14.1. The molecule has 2 heterocycles. The molecular formula is C10H15N5O2S2. The molecule has 0 aromatic carbocycles. The van der Waals surface area contributed by atoms with Gasteiger partial charge in [0.25, 0.3) is 10.0 Å². The predicted octanol–water partition coefficient (Wildman–Crippen LogP) is 0.994. The third kappa shape index (κ3) is 2.99. The summed E-state index contributed by atoms with van der Waals surface area (Å²) in [5.74, 6) is 0.379. The molecule has 104 valence electrons. The van der Waals surface area contributed by atoms with Gasteiger partial charge in [-0.1, -0.05) is 12.1 Å². The number of sulfonamides is 1. The van der Waals surface area contributed by atoms with Gasteiger partial charge in [-0.05, 0) is 19.1 Å². The number of rotatable bonds is 5. The molecule has 0 bridgehead atoms. The fraction of sp³-hybridized carbons (Fsp3) is 0.500. The summed E-state index contributed by atoms with van der Waals surface area (Å²) in [6.07, 6.45) is 0. The second-order valence-corrected chi connectivity index (χ2v) is 7.88. The highest BCUT2D eigenvalue weighted by atomic mass is 32.2. The van der Waals surface area contributed by atoms with Crippen LogP contribution in [0.25, 0.3) is 0 Å². The molecule has 0 aliphatic rings. The van der Waals surface area contributed by atoms with E-state index in [9.17, 15) is 8.42 Å². The van der Waals surface area contributed by atoms with Gasteiger partial charge in [0.2, 0.25) is 0 Å². The molecule has 0 unspecified atom stereocenters. The molecular weight excluding hydrogens is 286 g/mol. The van der Waals surface area contributed by atoms with E-state index >= 15 is 0 Å². The van der Waals surface area contributed by atoms with Gasteiger partial charge in [0, 0.05) is 24.4 Å². The molecule has 2 rings (SSSR count). The number of aromatic amines is 1. The molecule has 0 saturated heterocycles. The van der Waals surface area contributed by atoms with Crippen LogP contribution in [0.15, 0.2) is 16.3 Å². The second-order valence-electron chi connectivity index (χ2n) is 4.32. The molecule has 0 saturated carbocycles. The number of aromatic nitrogens is 4. The largest absolute Gasteiger partial charge is 0.252 e. The van der Waals surface area contributed by atoms with Gasteiger partial charge in [-0.15, -0.1) is 21.5 Å². The zero-order chi connectivity index (χ0) is 14.0. The fourth-order valence-electron chi connectivity index (χ4n) is 1.65. The van der Waals surface area contributed by atoms with E-state index in [1.165, 1.54) is 15.6 Å². The topological polar surface area (TPSA) is 91.8 Å². The van der Waals surface area contributed by atoms with Crippen molar-refractivity contribution in [2.75, 3.05) is 13.6 Å². The quantitative estimate of drug-likeness (QED) is 0.889. The van der Waals surface area contributed by atoms with Crippen LogP contribution in [-0.2, 0) is 10.0 Å². The Labute approximate surface area is 115 Å². The zero-order valence-corrected chi connectivity index (χ0v) is 12.5. The van der Waals surface area contributed by atoms with E-state index in [1.807, 2.05) is 13.8 Å². The van der Waals surface area contributed by atoms with Gasteiger partial charge in [-0.2, -0.15) is 9.52 Å². The number of aryl methyl sites for hydroxylation is 1. The summed E-state index contributed by atoms with van der Waals surface area (Å²) in [7, 11) is -1.88. The Bertz CT molecular complexity index is 635. The lowest BCUT2D eigenvalue weighted by Gasteiger charge is -2.18. The number of tetrazole rings is 1. The van der Waals surface area contributed by atoms with Crippen LogP contribution in [0.4, 0.5) is 0 Å².